The Kier molecular flexibility index (Phi) is 2.71. The SMILES string of the molecule is CC(C)c1cc(-c2cc3c(C=O)cccn3c2)on1. The maximum absolute atomic E-state index is 11.0. The van der Waals surface area contributed by atoms with Gasteiger partial charge in [-0.2, -0.15) is 0 Å². The summed E-state index contributed by atoms with van der Waals surface area (Å²) in [6, 6.07) is 7.53. The molecule has 3 heterocycles. The van der Waals surface area contributed by atoms with Gasteiger partial charge in [-0.3, -0.25) is 4.79 Å². The van der Waals surface area contributed by atoms with E-state index >= 15 is 0 Å². The van der Waals surface area contributed by atoms with Crippen LogP contribution in [-0.4, -0.2) is 15.8 Å². The zero-order valence-corrected chi connectivity index (χ0v) is 10.8. The minimum absolute atomic E-state index is 0.333. The fourth-order valence-corrected chi connectivity index (χ4v) is 2.09. The average Bonchev–Trinajstić information content (AvgIpc) is 3.04. The molecule has 0 amide bonds. The summed E-state index contributed by atoms with van der Waals surface area (Å²) in [4.78, 5) is 11.0. The highest BCUT2D eigenvalue weighted by Crippen LogP contribution is 2.26. The van der Waals surface area contributed by atoms with Gasteiger partial charge in [-0.15, -0.1) is 0 Å². The molecule has 0 saturated carbocycles. The van der Waals surface area contributed by atoms with Crippen LogP contribution in [-0.2, 0) is 0 Å². The van der Waals surface area contributed by atoms with Crippen molar-refractivity contribution in [2.75, 3.05) is 0 Å². The maximum atomic E-state index is 11.0. The molecule has 0 saturated heterocycles. The van der Waals surface area contributed by atoms with E-state index in [1.807, 2.05) is 35.0 Å². The van der Waals surface area contributed by atoms with Crippen LogP contribution >= 0.6 is 0 Å². The van der Waals surface area contributed by atoms with E-state index in [1.54, 1.807) is 6.07 Å². The van der Waals surface area contributed by atoms with Crippen molar-refractivity contribution in [3.8, 4) is 11.3 Å². The van der Waals surface area contributed by atoms with Gasteiger partial charge in [0, 0.05) is 29.6 Å². The quantitative estimate of drug-likeness (QED) is 0.672. The molecule has 0 atom stereocenters. The van der Waals surface area contributed by atoms with E-state index in [9.17, 15) is 4.79 Å². The van der Waals surface area contributed by atoms with E-state index in [4.69, 9.17) is 4.52 Å². The minimum atomic E-state index is 0.333. The van der Waals surface area contributed by atoms with Gasteiger partial charge in [0.25, 0.3) is 0 Å². The van der Waals surface area contributed by atoms with Crippen LogP contribution in [0.4, 0.5) is 0 Å². The van der Waals surface area contributed by atoms with Gasteiger partial charge in [0.1, 0.15) is 0 Å². The zero-order valence-electron chi connectivity index (χ0n) is 10.8. The van der Waals surface area contributed by atoms with Crippen LogP contribution in [0.25, 0.3) is 16.8 Å². The molecule has 0 aliphatic rings. The van der Waals surface area contributed by atoms with Crippen LogP contribution < -0.4 is 0 Å². The number of aldehydes is 1. The summed E-state index contributed by atoms with van der Waals surface area (Å²) in [6.45, 7) is 4.14. The fraction of sp³-hybridized carbons (Fsp3) is 0.200. The Bertz CT molecular complexity index is 738. The van der Waals surface area contributed by atoms with Gasteiger partial charge >= 0.3 is 0 Å². The fourth-order valence-electron chi connectivity index (χ4n) is 2.09. The third kappa shape index (κ3) is 1.95. The topological polar surface area (TPSA) is 47.5 Å². The lowest BCUT2D eigenvalue weighted by Gasteiger charge is -1.94. The van der Waals surface area contributed by atoms with Crippen molar-refractivity contribution in [1.29, 1.82) is 0 Å². The van der Waals surface area contributed by atoms with Crippen molar-refractivity contribution in [2.45, 2.75) is 19.8 Å². The number of nitrogens with zero attached hydrogens (tertiary/aromatic N) is 2. The third-order valence-corrected chi connectivity index (χ3v) is 3.20. The Morgan fingerprint density at radius 3 is 2.89 bits per heavy atom. The first-order valence-corrected chi connectivity index (χ1v) is 6.22. The normalized spacial score (nSPS) is 11.3. The number of carbonyl (C=O) groups excluding carboxylic acids is 1. The summed E-state index contributed by atoms with van der Waals surface area (Å²) in [5.41, 5.74) is 3.39. The van der Waals surface area contributed by atoms with E-state index in [1.165, 1.54) is 0 Å². The highest BCUT2D eigenvalue weighted by atomic mass is 16.5. The van der Waals surface area contributed by atoms with Gasteiger partial charge < -0.3 is 8.92 Å². The minimum Gasteiger partial charge on any atom is -0.356 e. The van der Waals surface area contributed by atoms with Crippen LogP contribution in [0.5, 0.6) is 0 Å². The number of aromatic nitrogens is 2. The van der Waals surface area contributed by atoms with Gasteiger partial charge in [0.05, 0.1) is 11.2 Å². The summed E-state index contributed by atoms with van der Waals surface area (Å²) >= 11 is 0. The summed E-state index contributed by atoms with van der Waals surface area (Å²) in [5.74, 6) is 1.06. The zero-order chi connectivity index (χ0) is 13.4. The van der Waals surface area contributed by atoms with Gasteiger partial charge in [0.2, 0.25) is 0 Å². The van der Waals surface area contributed by atoms with Crippen LogP contribution in [0.3, 0.4) is 0 Å². The molecular weight excluding hydrogens is 240 g/mol. The third-order valence-electron chi connectivity index (χ3n) is 3.20. The molecule has 3 aromatic heterocycles. The molecule has 0 N–H and O–H groups in total. The highest BCUT2D eigenvalue weighted by Gasteiger charge is 2.12. The molecule has 19 heavy (non-hydrogen) atoms. The summed E-state index contributed by atoms with van der Waals surface area (Å²) < 4.78 is 7.28. The first-order valence-electron chi connectivity index (χ1n) is 6.22. The summed E-state index contributed by atoms with van der Waals surface area (Å²) in [6.07, 6.45) is 4.71. The molecule has 0 bridgehead atoms. The second-order valence-corrected chi connectivity index (χ2v) is 4.87. The molecule has 0 spiro atoms. The maximum Gasteiger partial charge on any atom is 0.168 e. The average molecular weight is 254 g/mol. The number of hydrogen-bond acceptors (Lipinski definition) is 3. The molecule has 0 aromatic carbocycles. The predicted octanol–water partition coefficient (Wildman–Crippen LogP) is 3.53. The first-order chi connectivity index (χ1) is 9.19. The molecule has 0 fully saturated rings. The van der Waals surface area contributed by atoms with Crippen LogP contribution in [0, 0.1) is 0 Å². The van der Waals surface area contributed by atoms with E-state index in [-0.39, 0.29) is 0 Å². The largest absolute Gasteiger partial charge is 0.356 e. The van der Waals surface area contributed by atoms with E-state index in [0.717, 1.165) is 28.8 Å². The van der Waals surface area contributed by atoms with Crippen molar-refractivity contribution >= 4 is 11.8 Å². The van der Waals surface area contributed by atoms with Crippen LogP contribution in [0.1, 0.15) is 35.8 Å². The van der Waals surface area contributed by atoms with E-state index in [0.29, 0.717) is 11.5 Å². The number of hydrogen-bond donors (Lipinski definition) is 0. The molecular formula is C15H14N2O2. The Labute approximate surface area is 110 Å². The van der Waals surface area contributed by atoms with E-state index < -0.39 is 0 Å². The Morgan fingerprint density at radius 1 is 1.37 bits per heavy atom. The summed E-state index contributed by atoms with van der Waals surface area (Å²) in [5, 5.41) is 4.05. The van der Waals surface area contributed by atoms with Crippen LogP contribution in [0.2, 0.25) is 0 Å². The lowest BCUT2D eigenvalue weighted by atomic mass is 10.1. The molecule has 0 radical (unpaired) electrons. The molecule has 4 heteroatoms. The van der Waals surface area contributed by atoms with Crippen molar-refractivity contribution in [2.24, 2.45) is 0 Å². The number of carbonyl (C=O) groups is 1. The molecule has 3 rings (SSSR count). The van der Waals surface area contributed by atoms with Crippen molar-refractivity contribution in [1.82, 2.24) is 9.56 Å². The van der Waals surface area contributed by atoms with Crippen LogP contribution in [0.15, 0.2) is 41.2 Å². The second kappa shape index (κ2) is 4.39. The number of fused-ring (bicyclic) bond motifs is 1. The smallest absolute Gasteiger partial charge is 0.168 e. The number of rotatable bonds is 3. The van der Waals surface area contributed by atoms with Crippen molar-refractivity contribution in [3.05, 3.63) is 47.9 Å². The lowest BCUT2D eigenvalue weighted by Crippen LogP contribution is -1.86. The second-order valence-electron chi connectivity index (χ2n) is 4.87. The highest BCUT2D eigenvalue weighted by molar-refractivity contribution is 5.87. The first kappa shape index (κ1) is 11.7. The molecule has 0 aliphatic heterocycles. The Hall–Kier alpha value is -2.36. The molecule has 0 unspecified atom stereocenters. The Balaban J connectivity index is 2.12. The van der Waals surface area contributed by atoms with Gasteiger partial charge in [-0.05, 0) is 24.1 Å². The predicted molar refractivity (Wildman–Crippen MR) is 72.4 cm³/mol. The molecule has 0 aliphatic carbocycles. The Morgan fingerprint density at radius 2 is 2.21 bits per heavy atom. The number of pyridine rings is 1. The monoisotopic (exact) mass is 254 g/mol. The van der Waals surface area contributed by atoms with Gasteiger partial charge in [-0.1, -0.05) is 19.0 Å². The van der Waals surface area contributed by atoms with E-state index in [2.05, 4.69) is 19.0 Å². The van der Waals surface area contributed by atoms with Gasteiger partial charge in [0.15, 0.2) is 12.0 Å². The molecule has 3 aromatic rings. The van der Waals surface area contributed by atoms with Crippen molar-refractivity contribution < 1.29 is 9.32 Å². The molecule has 4 nitrogen and oxygen atoms in total. The van der Waals surface area contributed by atoms with Gasteiger partial charge in [-0.25, -0.2) is 0 Å². The lowest BCUT2D eigenvalue weighted by molar-refractivity contribution is 0.112. The van der Waals surface area contributed by atoms with Crippen molar-refractivity contribution in [3.63, 3.8) is 0 Å². The summed E-state index contributed by atoms with van der Waals surface area (Å²) in [7, 11) is 0. The standard InChI is InChI=1S/C15H14N2O2/c1-10(2)13-7-15(19-16-13)12-6-14-11(9-18)4-3-5-17(14)8-12/h3-10H,1-2H3. The molecule has 96 valence electrons.